The Balaban J connectivity index is 1.71. The molecule has 210 valence electrons. The van der Waals surface area contributed by atoms with Gasteiger partial charge in [0.25, 0.3) is 5.24 Å². The van der Waals surface area contributed by atoms with E-state index in [2.05, 4.69) is 10.3 Å². The van der Waals surface area contributed by atoms with E-state index in [1.54, 1.807) is 19.0 Å². The first-order valence-electron chi connectivity index (χ1n) is 11.7. The number of methoxy groups -OCH3 is 1. The summed E-state index contributed by atoms with van der Waals surface area (Å²) >= 11 is 0.943. The van der Waals surface area contributed by atoms with Gasteiger partial charge < -0.3 is 15.0 Å². The lowest BCUT2D eigenvalue weighted by atomic mass is 9.95. The van der Waals surface area contributed by atoms with Crippen LogP contribution in [0.1, 0.15) is 29.5 Å². The molecule has 0 aromatic heterocycles. The summed E-state index contributed by atoms with van der Waals surface area (Å²) in [6.07, 6.45) is -6.80. The third kappa shape index (κ3) is 7.73. The van der Waals surface area contributed by atoms with E-state index in [1.807, 2.05) is 6.08 Å². The summed E-state index contributed by atoms with van der Waals surface area (Å²) in [6.45, 7) is 0.715. The van der Waals surface area contributed by atoms with Crippen molar-refractivity contribution in [3.8, 4) is 0 Å². The molecular weight excluding hydrogens is 538 g/mol. The second kappa shape index (κ2) is 12.1. The summed E-state index contributed by atoms with van der Waals surface area (Å²) in [6, 6.07) is 0.871. The number of likely N-dealkylation sites (N-methyl/N-ethyl adjacent to an activating group) is 1. The average Bonchev–Trinajstić information content (AvgIpc) is 3.16. The third-order valence-electron chi connectivity index (χ3n) is 6.15. The van der Waals surface area contributed by atoms with E-state index in [0.717, 1.165) is 17.8 Å². The fraction of sp³-hybridized carbons (Fsp3) is 0.542. The van der Waals surface area contributed by atoms with Crippen LogP contribution in [0.15, 0.2) is 34.2 Å². The van der Waals surface area contributed by atoms with Gasteiger partial charge >= 0.3 is 12.4 Å². The molecule has 1 aromatic carbocycles. The summed E-state index contributed by atoms with van der Waals surface area (Å²) in [4.78, 5) is 32.5. The molecule has 0 spiro atoms. The minimum Gasteiger partial charge on any atom is -0.382 e. The maximum atomic E-state index is 13.5. The fourth-order valence-corrected chi connectivity index (χ4v) is 5.01. The van der Waals surface area contributed by atoms with Gasteiger partial charge in [0, 0.05) is 27.7 Å². The minimum absolute atomic E-state index is 0.00762. The monoisotopic (exact) mass is 566 g/mol. The highest BCUT2D eigenvalue weighted by Crippen LogP contribution is 2.38. The number of amides is 2. The quantitative estimate of drug-likeness (QED) is 0.481. The molecule has 0 aliphatic carbocycles. The Labute approximate surface area is 220 Å². The molecule has 0 unspecified atom stereocenters. The Hall–Kier alpha value is -2.58. The number of alkyl halides is 6. The van der Waals surface area contributed by atoms with E-state index < -0.39 is 29.5 Å². The molecule has 38 heavy (non-hydrogen) atoms. The number of amidine groups is 1. The van der Waals surface area contributed by atoms with Crippen LogP contribution in [0.3, 0.4) is 0 Å². The van der Waals surface area contributed by atoms with E-state index in [-0.39, 0.29) is 47.7 Å². The van der Waals surface area contributed by atoms with Gasteiger partial charge in [-0.3, -0.25) is 19.5 Å². The topological polar surface area (TPSA) is 74.2 Å². The zero-order valence-electron chi connectivity index (χ0n) is 20.9. The lowest BCUT2D eigenvalue weighted by molar-refractivity contribution is -0.143. The van der Waals surface area contributed by atoms with Crippen LogP contribution >= 0.6 is 11.8 Å². The van der Waals surface area contributed by atoms with Gasteiger partial charge in [0.05, 0.1) is 22.6 Å². The maximum Gasteiger partial charge on any atom is 0.416 e. The lowest BCUT2D eigenvalue weighted by Gasteiger charge is -2.31. The van der Waals surface area contributed by atoms with E-state index in [9.17, 15) is 35.9 Å². The first-order chi connectivity index (χ1) is 17.7. The molecule has 3 rings (SSSR count). The Bertz CT molecular complexity index is 1100. The number of likely N-dealkylation sites (tertiary alicyclic amines) is 1. The maximum absolute atomic E-state index is 13.5. The van der Waals surface area contributed by atoms with Crippen molar-refractivity contribution in [2.75, 3.05) is 40.9 Å². The Morgan fingerprint density at radius 2 is 1.87 bits per heavy atom. The van der Waals surface area contributed by atoms with Gasteiger partial charge in [-0.05, 0) is 61.3 Å². The van der Waals surface area contributed by atoms with Crippen LogP contribution in [-0.4, -0.2) is 73.7 Å². The molecule has 2 heterocycles. The summed E-state index contributed by atoms with van der Waals surface area (Å²) in [7, 11) is 4.60. The van der Waals surface area contributed by atoms with Crippen molar-refractivity contribution in [2.24, 2.45) is 10.9 Å². The SMILES string of the molecule is COC[C@@H](N=C1NC(=O)S/C1=C\C1CCN(Cc2ccc(C(F)(F)F)cc2C(F)(F)F)CC1)C(=O)N(C)C. The first-order valence-corrected chi connectivity index (χ1v) is 12.5. The van der Waals surface area contributed by atoms with Crippen molar-refractivity contribution >= 4 is 28.7 Å². The van der Waals surface area contributed by atoms with Crippen LogP contribution in [0.4, 0.5) is 31.1 Å². The molecule has 2 aliphatic rings. The summed E-state index contributed by atoms with van der Waals surface area (Å²) < 4.78 is 84.4. The van der Waals surface area contributed by atoms with Gasteiger partial charge in [-0.1, -0.05) is 12.1 Å². The molecule has 2 saturated heterocycles. The highest BCUT2D eigenvalue weighted by atomic mass is 32.2. The standard InChI is InChI=1S/C24H28F6N4O3S/c1-33(2)21(35)18(13-37-3)31-20-19(38-22(36)32-20)10-14-6-8-34(9-7-14)12-15-4-5-16(23(25,26)27)11-17(15)24(28,29)30/h4-5,10-11,14,18H,6-9,12-13H2,1-3H3,(H,31,32,36)/b19-10-/t18-/m1/s1. The Kier molecular flexibility index (Phi) is 9.52. The number of nitrogens with one attached hydrogen (secondary N) is 1. The first kappa shape index (κ1) is 30.0. The number of ether oxygens (including phenoxy) is 1. The number of nitrogens with zero attached hydrogens (tertiary/aromatic N) is 3. The van der Waals surface area contributed by atoms with Crippen LogP contribution in [0.5, 0.6) is 0 Å². The molecule has 0 radical (unpaired) electrons. The molecule has 7 nitrogen and oxygen atoms in total. The molecule has 1 N–H and O–H groups in total. The summed E-state index contributed by atoms with van der Waals surface area (Å²) in [5.74, 6) is -0.0364. The Morgan fingerprint density at radius 1 is 1.21 bits per heavy atom. The number of benzene rings is 1. The number of allylic oxidation sites excluding steroid dienone is 1. The largest absolute Gasteiger partial charge is 0.416 e. The van der Waals surface area contributed by atoms with Crippen LogP contribution < -0.4 is 5.32 Å². The second-order valence-corrected chi connectivity index (χ2v) is 10.2. The number of piperidine rings is 1. The van der Waals surface area contributed by atoms with Crippen molar-refractivity contribution in [2.45, 2.75) is 37.8 Å². The highest BCUT2D eigenvalue weighted by Gasteiger charge is 2.38. The summed E-state index contributed by atoms with van der Waals surface area (Å²) in [5, 5.41) is 2.29. The number of carbonyl (C=O) groups is 2. The number of hydrogen-bond acceptors (Lipinski definition) is 6. The second-order valence-electron chi connectivity index (χ2n) is 9.21. The number of halogens is 6. The number of hydrogen-bond donors (Lipinski definition) is 1. The van der Waals surface area contributed by atoms with Gasteiger partial charge in [-0.25, -0.2) is 0 Å². The van der Waals surface area contributed by atoms with E-state index in [0.29, 0.717) is 36.9 Å². The van der Waals surface area contributed by atoms with Crippen LogP contribution in [0, 0.1) is 5.92 Å². The number of aliphatic imine (C=N–C) groups is 1. The van der Waals surface area contributed by atoms with Gasteiger partial charge in [-0.15, -0.1) is 0 Å². The molecule has 2 fully saturated rings. The van der Waals surface area contributed by atoms with Crippen molar-refractivity contribution in [3.05, 3.63) is 45.9 Å². The zero-order valence-corrected chi connectivity index (χ0v) is 21.8. The van der Waals surface area contributed by atoms with Gasteiger partial charge in [0.15, 0.2) is 6.04 Å². The van der Waals surface area contributed by atoms with Crippen molar-refractivity contribution in [1.29, 1.82) is 0 Å². The molecule has 14 heteroatoms. The number of carbonyl (C=O) groups excluding carboxylic acids is 2. The van der Waals surface area contributed by atoms with Gasteiger partial charge in [0.2, 0.25) is 5.91 Å². The van der Waals surface area contributed by atoms with Crippen molar-refractivity contribution in [3.63, 3.8) is 0 Å². The molecule has 0 saturated carbocycles. The summed E-state index contributed by atoms with van der Waals surface area (Å²) in [5.41, 5.74) is -2.84. The normalized spacial score (nSPS) is 20.7. The fourth-order valence-electron chi connectivity index (χ4n) is 4.20. The van der Waals surface area contributed by atoms with Crippen LogP contribution in [-0.2, 0) is 28.4 Å². The van der Waals surface area contributed by atoms with Gasteiger partial charge in [-0.2, -0.15) is 26.3 Å². The molecule has 2 amide bonds. The van der Waals surface area contributed by atoms with Crippen molar-refractivity contribution < 1.29 is 40.7 Å². The molecule has 1 atom stereocenters. The third-order valence-corrected chi connectivity index (χ3v) is 6.98. The van der Waals surface area contributed by atoms with Gasteiger partial charge in [0.1, 0.15) is 5.84 Å². The molecule has 0 bridgehead atoms. The lowest BCUT2D eigenvalue weighted by Crippen LogP contribution is -2.37. The minimum atomic E-state index is -4.91. The molecule has 2 aliphatic heterocycles. The molecule has 1 aromatic rings. The van der Waals surface area contributed by atoms with E-state index in [4.69, 9.17) is 4.74 Å². The average molecular weight is 567 g/mol. The van der Waals surface area contributed by atoms with Crippen LogP contribution in [0.2, 0.25) is 0 Å². The zero-order chi connectivity index (χ0) is 28.3. The van der Waals surface area contributed by atoms with E-state index in [1.165, 1.54) is 12.0 Å². The smallest absolute Gasteiger partial charge is 0.382 e. The number of rotatable bonds is 7. The van der Waals surface area contributed by atoms with Crippen molar-refractivity contribution in [1.82, 2.24) is 15.1 Å². The Morgan fingerprint density at radius 3 is 2.42 bits per heavy atom. The predicted molar refractivity (Wildman–Crippen MR) is 130 cm³/mol. The van der Waals surface area contributed by atoms with E-state index >= 15 is 0 Å². The highest BCUT2D eigenvalue weighted by molar-refractivity contribution is 8.18. The predicted octanol–water partition coefficient (Wildman–Crippen LogP) is 4.78. The number of thioether (sulfide) groups is 1. The van der Waals surface area contributed by atoms with Crippen LogP contribution in [0.25, 0.3) is 0 Å². The molecular formula is C24H28F6N4O3S.